The number of nitrogens with zero attached hydrogens (tertiary/aromatic N) is 5. The first-order valence-electron chi connectivity index (χ1n) is 11.0. The molecule has 1 aliphatic rings. The van der Waals surface area contributed by atoms with Crippen LogP contribution in [0.25, 0.3) is 5.69 Å². The number of likely N-dealkylation sites (tertiary alicyclic amines) is 1. The molecule has 1 aromatic carbocycles. The summed E-state index contributed by atoms with van der Waals surface area (Å²) in [5, 5.41) is 12.3. The van der Waals surface area contributed by atoms with E-state index in [9.17, 15) is 9.59 Å². The van der Waals surface area contributed by atoms with Crippen LogP contribution in [0.2, 0.25) is 0 Å². The van der Waals surface area contributed by atoms with Crippen molar-refractivity contribution in [3.8, 4) is 5.69 Å². The van der Waals surface area contributed by atoms with Crippen molar-refractivity contribution in [3.63, 3.8) is 0 Å². The molecule has 0 spiro atoms. The molecule has 3 heterocycles. The largest absolute Gasteiger partial charge is 0.349 e. The summed E-state index contributed by atoms with van der Waals surface area (Å²) in [7, 11) is 0. The predicted molar refractivity (Wildman–Crippen MR) is 128 cm³/mol. The van der Waals surface area contributed by atoms with Gasteiger partial charge in [-0.2, -0.15) is 0 Å². The maximum Gasteiger partial charge on any atom is 0.253 e. The third kappa shape index (κ3) is 5.42. The zero-order chi connectivity index (χ0) is 23.4. The minimum Gasteiger partial charge on any atom is -0.349 e. The van der Waals surface area contributed by atoms with Crippen LogP contribution in [0, 0.1) is 20.8 Å². The average Bonchev–Trinajstić information content (AvgIpc) is 3.20. The highest BCUT2D eigenvalue weighted by molar-refractivity contribution is 7.99. The first-order chi connectivity index (χ1) is 15.9. The number of hydrogen-bond donors (Lipinski definition) is 1. The van der Waals surface area contributed by atoms with Gasteiger partial charge >= 0.3 is 0 Å². The zero-order valence-corrected chi connectivity index (χ0v) is 19.9. The van der Waals surface area contributed by atoms with Crippen LogP contribution in [0.3, 0.4) is 0 Å². The minimum atomic E-state index is -0.121. The maximum atomic E-state index is 12.8. The molecule has 9 heteroatoms. The third-order valence-electron chi connectivity index (χ3n) is 5.83. The molecule has 1 aliphatic heterocycles. The molecule has 0 radical (unpaired) electrons. The van der Waals surface area contributed by atoms with Crippen LogP contribution in [0.4, 0.5) is 0 Å². The Hall–Kier alpha value is -3.20. The summed E-state index contributed by atoms with van der Waals surface area (Å²) in [6.07, 6.45) is 4.68. The fourth-order valence-corrected chi connectivity index (χ4v) is 4.82. The number of nitrogens with one attached hydrogen (secondary N) is 1. The van der Waals surface area contributed by atoms with Crippen LogP contribution in [0.5, 0.6) is 0 Å². The first kappa shape index (κ1) is 23.0. The number of pyridine rings is 1. The second kappa shape index (κ2) is 10.2. The number of carbonyl (C=O) groups is 2. The smallest absolute Gasteiger partial charge is 0.253 e. The van der Waals surface area contributed by atoms with E-state index in [-0.39, 0.29) is 17.9 Å². The van der Waals surface area contributed by atoms with Crippen LogP contribution < -0.4 is 5.32 Å². The molecule has 1 fully saturated rings. The fourth-order valence-electron chi connectivity index (χ4n) is 3.93. The van der Waals surface area contributed by atoms with Crippen molar-refractivity contribution in [1.29, 1.82) is 0 Å². The van der Waals surface area contributed by atoms with E-state index in [4.69, 9.17) is 0 Å². The summed E-state index contributed by atoms with van der Waals surface area (Å²) in [5.74, 6) is 1.05. The molecule has 1 saturated heterocycles. The second-order valence-corrected chi connectivity index (χ2v) is 9.26. The van der Waals surface area contributed by atoms with Crippen molar-refractivity contribution in [3.05, 3.63) is 65.2 Å². The molecule has 0 unspecified atom stereocenters. The van der Waals surface area contributed by atoms with Gasteiger partial charge in [-0.3, -0.25) is 19.1 Å². The summed E-state index contributed by atoms with van der Waals surface area (Å²) in [6, 6.07) is 9.83. The molecule has 4 rings (SSSR count). The van der Waals surface area contributed by atoms with Gasteiger partial charge in [0, 0.05) is 31.5 Å². The van der Waals surface area contributed by atoms with Gasteiger partial charge in [0.1, 0.15) is 5.82 Å². The lowest BCUT2D eigenvalue weighted by molar-refractivity contribution is -0.129. The molecule has 0 bridgehead atoms. The maximum absolute atomic E-state index is 12.8. The SMILES string of the molecule is Cc1ccc(C)c(-n2c(C)nnc2SCC(=O)N2CCC(NC(=O)c3cccnc3)CC2)c1. The molecule has 172 valence electrons. The molecule has 33 heavy (non-hydrogen) atoms. The van der Waals surface area contributed by atoms with Crippen molar-refractivity contribution in [2.75, 3.05) is 18.8 Å². The van der Waals surface area contributed by atoms with Gasteiger partial charge in [0.2, 0.25) is 5.91 Å². The quantitative estimate of drug-likeness (QED) is 0.564. The van der Waals surface area contributed by atoms with Gasteiger partial charge in [0.25, 0.3) is 5.91 Å². The van der Waals surface area contributed by atoms with Crippen molar-refractivity contribution in [1.82, 2.24) is 30.0 Å². The van der Waals surface area contributed by atoms with Crippen LogP contribution in [-0.4, -0.2) is 61.3 Å². The summed E-state index contributed by atoms with van der Waals surface area (Å²) in [5.41, 5.74) is 3.88. The van der Waals surface area contributed by atoms with Crippen LogP contribution in [-0.2, 0) is 4.79 Å². The third-order valence-corrected chi connectivity index (χ3v) is 6.75. The number of hydrogen-bond acceptors (Lipinski definition) is 6. The minimum absolute atomic E-state index is 0.0597. The number of carbonyl (C=O) groups excluding carboxylic acids is 2. The molecule has 0 aliphatic carbocycles. The molecule has 2 aromatic heterocycles. The second-order valence-electron chi connectivity index (χ2n) is 8.31. The summed E-state index contributed by atoms with van der Waals surface area (Å²) in [6.45, 7) is 7.29. The first-order valence-corrected chi connectivity index (χ1v) is 12.0. The number of thioether (sulfide) groups is 1. The van der Waals surface area contributed by atoms with Gasteiger partial charge in [-0.15, -0.1) is 10.2 Å². The van der Waals surface area contributed by atoms with Crippen LogP contribution in [0.15, 0.2) is 47.9 Å². The van der Waals surface area contributed by atoms with E-state index < -0.39 is 0 Å². The van der Waals surface area contributed by atoms with Gasteiger partial charge in [-0.05, 0) is 62.9 Å². The molecular formula is C24H28N6O2S. The van der Waals surface area contributed by atoms with E-state index in [1.807, 2.05) is 16.4 Å². The Balaban J connectivity index is 1.32. The number of amides is 2. The molecule has 3 aromatic rings. The standard InChI is InChI=1S/C24H28N6O2S/c1-16-6-7-17(2)21(13-16)30-18(3)27-28-24(30)33-15-22(31)29-11-8-20(9-12-29)26-23(32)19-5-4-10-25-14-19/h4-7,10,13-14,20H,8-9,11-12,15H2,1-3H3,(H,26,32). The summed E-state index contributed by atoms with van der Waals surface area (Å²) < 4.78 is 2.01. The Morgan fingerprint density at radius 2 is 1.91 bits per heavy atom. The zero-order valence-electron chi connectivity index (χ0n) is 19.1. The van der Waals surface area contributed by atoms with Crippen molar-refractivity contribution >= 4 is 23.6 Å². The molecule has 8 nitrogen and oxygen atoms in total. The average molecular weight is 465 g/mol. The van der Waals surface area contributed by atoms with E-state index in [0.717, 1.165) is 35.5 Å². The van der Waals surface area contributed by atoms with E-state index in [1.165, 1.54) is 11.8 Å². The number of benzene rings is 1. The van der Waals surface area contributed by atoms with E-state index in [1.54, 1.807) is 24.5 Å². The van der Waals surface area contributed by atoms with Crippen molar-refractivity contribution < 1.29 is 9.59 Å². The molecule has 1 N–H and O–H groups in total. The summed E-state index contributed by atoms with van der Waals surface area (Å²) in [4.78, 5) is 31.0. The lowest BCUT2D eigenvalue weighted by atomic mass is 10.0. The number of aryl methyl sites for hydroxylation is 3. The Labute approximate surface area is 197 Å². The molecule has 2 amide bonds. The van der Waals surface area contributed by atoms with Crippen LogP contribution in [0.1, 0.15) is 40.2 Å². The van der Waals surface area contributed by atoms with E-state index >= 15 is 0 Å². The van der Waals surface area contributed by atoms with Gasteiger partial charge in [-0.1, -0.05) is 23.9 Å². The molecule has 0 atom stereocenters. The molecule has 0 saturated carbocycles. The molecular weight excluding hydrogens is 436 g/mol. The number of piperidine rings is 1. The van der Waals surface area contributed by atoms with Crippen LogP contribution >= 0.6 is 11.8 Å². The normalized spacial score (nSPS) is 14.3. The highest BCUT2D eigenvalue weighted by atomic mass is 32.2. The topological polar surface area (TPSA) is 93.0 Å². The van der Waals surface area contributed by atoms with Gasteiger partial charge in [-0.25, -0.2) is 0 Å². The number of aromatic nitrogens is 4. The van der Waals surface area contributed by atoms with E-state index in [0.29, 0.717) is 29.6 Å². The lowest BCUT2D eigenvalue weighted by Gasteiger charge is -2.32. The van der Waals surface area contributed by atoms with Gasteiger partial charge in [0.15, 0.2) is 5.16 Å². The van der Waals surface area contributed by atoms with Crippen molar-refractivity contribution in [2.45, 2.75) is 44.8 Å². The Bertz CT molecular complexity index is 1140. The highest BCUT2D eigenvalue weighted by Crippen LogP contribution is 2.25. The Kier molecular flexibility index (Phi) is 7.08. The van der Waals surface area contributed by atoms with Gasteiger partial charge in [0.05, 0.1) is 17.0 Å². The predicted octanol–water partition coefficient (Wildman–Crippen LogP) is 3.10. The monoisotopic (exact) mass is 464 g/mol. The lowest BCUT2D eigenvalue weighted by Crippen LogP contribution is -2.47. The van der Waals surface area contributed by atoms with Crippen molar-refractivity contribution in [2.24, 2.45) is 0 Å². The number of rotatable bonds is 6. The Morgan fingerprint density at radius 3 is 2.64 bits per heavy atom. The highest BCUT2D eigenvalue weighted by Gasteiger charge is 2.25. The van der Waals surface area contributed by atoms with Gasteiger partial charge < -0.3 is 10.2 Å². The summed E-state index contributed by atoms with van der Waals surface area (Å²) >= 11 is 1.41. The Morgan fingerprint density at radius 1 is 1.12 bits per heavy atom. The fraction of sp³-hybridized carbons (Fsp3) is 0.375. The van der Waals surface area contributed by atoms with E-state index in [2.05, 4.69) is 52.5 Å².